The predicted molar refractivity (Wildman–Crippen MR) is 258 cm³/mol. The number of fused-ring (bicyclic) bond motifs is 2. The van der Waals surface area contributed by atoms with Gasteiger partial charge >= 0.3 is 12.0 Å². The zero-order valence-corrected chi connectivity index (χ0v) is 40.6. The fourth-order valence-electron chi connectivity index (χ4n) is 8.85. The molecule has 0 saturated carbocycles. The van der Waals surface area contributed by atoms with E-state index in [2.05, 4.69) is 0 Å². The molecule has 4 rings (SSSR count). The van der Waals surface area contributed by atoms with Crippen molar-refractivity contribution >= 4 is 17.9 Å². The summed E-state index contributed by atoms with van der Waals surface area (Å²) in [4.78, 5) is 41.5. The number of aliphatic hydroxyl groups excluding tert-OH is 9. The van der Waals surface area contributed by atoms with Crippen molar-refractivity contribution in [3.8, 4) is 0 Å². The molecule has 17 atom stereocenters. The van der Waals surface area contributed by atoms with E-state index in [4.69, 9.17) is 30.4 Å². The molecule has 0 radical (unpaired) electrons. The van der Waals surface area contributed by atoms with Crippen molar-refractivity contribution in [3.05, 3.63) is 85.1 Å². The van der Waals surface area contributed by atoms with Gasteiger partial charge in [0.2, 0.25) is 5.91 Å². The number of aliphatic hydroxyl groups is 10. The SMILES string of the molecule is C[C@H]1C[C@H](O)[C@@H](C)/C=C/C=C/C=C/C=C/C=C/C=C/C=C/C(O[C@@H]2OC[C@@H](O)[C@H](N)[C@@H]2O)C[C@@H]2OC(O)(CC(O)CC(O)C(O)CCC(O)C[C@@H](O)CC(=O)O1)C[C@H](O)[C@H]2C(=O)N1CCN(C(N)=O)CC1. The minimum absolute atomic E-state index is 0.0823. The van der Waals surface area contributed by atoms with E-state index < -0.39 is 141 Å². The van der Waals surface area contributed by atoms with Crippen LogP contribution in [-0.4, -0.2) is 203 Å². The third kappa shape index (κ3) is 20.0. The normalized spacial score (nSPS) is 41.8. The number of rotatable bonds is 3. The number of hydrogen-bond acceptors (Lipinski definition) is 18. The Hall–Kier alpha value is -4.17. The van der Waals surface area contributed by atoms with Crippen LogP contribution in [0.5, 0.6) is 0 Å². The van der Waals surface area contributed by atoms with Gasteiger partial charge in [0.1, 0.15) is 12.2 Å². The maximum Gasteiger partial charge on any atom is 0.314 e. The maximum atomic E-state index is 14.3. The number of amides is 3. The zero-order valence-electron chi connectivity index (χ0n) is 40.6. The summed E-state index contributed by atoms with van der Waals surface area (Å²) >= 11 is 0. The van der Waals surface area contributed by atoms with Crippen LogP contribution in [0.25, 0.3) is 0 Å². The van der Waals surface area contributed by atoms with E-state index in [0.29, 0.717) is 0 Å². The lowest BCUT2D eigenvalue weighted by Gasteiger charge is -2.47. The molecule has 3 amide bonds. The van der Waals surface area contributed by atoms with Gasteiger partial charge in [0, 0.05) is 64.2 Å². The van der Waals surface area contributed by atoms with E-state index in [1.54, 1.807) is 73.8 Å². The van der Waals surface area contributed by atoms with Crippen LogP contribution in [-0.2, 0) is 28.5 Å². The highest BCUT2D eigenvalue weighted by molar-refractivity contribution is 5.81. The minimum Gasteiger partial charge on any atom is -0.462 e. The first-order valence-corrected chi connectivity index (χ1v) is 24.4. The standard InChI is InChI=1S/C50H78N4O17/c1-31-15-13-11-9-7-5-3-4-6-8-10-12-14-16-36(70-48-46(64)45(51)41(62)30-68-48)27-42-44(47(65)53-19-21-54(22-20-53)49(52)66)40(61)29-50(67,71-42)28-35(57)25-39(60)37(58)18-17-33(55)24-34(56)26-43(63)69-32(2)23-38(31)59/h3-16,31-42,44-46,48,55-62,64,67H,17-30,51H2,1-2H3,(H2,52,66)/b4-3+,7-5+,8-6+,11-9+,12-10+,15-13+,16-14+/t31-,32-,33?,34+,35?,36?,37?,38-,39?,40-,41+,42-,44+,45-,46-,48-,50?/m0/s1. The van der Waals surface area contributed by atoms with Gasteiger partial charge in [-0.1, -0.05) is 92.0 Å². The first-order chi connectivity index (χ1) is 33.7. The topological polar surface area (TPSA) is 349 Å². The molecular weight excluding hydrogens is 929 g/mol. The van der Waals surface area contributed by atoms with Crippen molar-refractivity contribution in [2.75, 3.05) is 32.8 Å². The first kappa shape index (κ1) is 59.4. The fourth-order valence-corrected chi connectivity index (χ4v) is 8.85. The smallest absolute Gasteiger partial charge is 0.314 e. The third-order valence-electron chi connectivity index (χ3n) is 13.0. The summed E-state index contributed by atoms with van der Waals surface area (Å²) in [6.07, 6.45) is 5.21. The molecule has 3 saturated heterocycles. The molecule has 400 valence electrons. The number of esters is 1. The van der Waals surface area contributed by atoms with Gasteiger partial charge < -0.3 is 91.3 Å². The number of allylic oxidation sites excluding steroid dienone is 12. The molecule has 0 aromatic heterocycles. The Morgan fingerprint density at radius 1 is 0.662 bits per heavy atom. The third-order valence-corrected chi connectivity index (χ3v) is 13.0. The van der Waals surface area contributed by atoms with E-state index >= 15 is 0 Å². The van der Waals surface area contributed by atoms with Crippen molar-refractivity contribution in [2.24, 2.45) is 23.3 Å². The van der Waals surface area contributed by atoms with Crippen LogP contribution in [0, 0.1) is 11.8 Å². The minimum atomic E-state index is -2.31. The number of ether oxygens (including phenoxy) is 4. The van der Waals surface area contributed by atoms with Crippen LogP contribution in [0.3, 0.4) is 0 Å². The van der Waals surface area contributed by atoms with E-state index in [1.807, 2.05) is 25.2 Å². The lowest BCUT2D eigenvalue weighted by atomic mass is 9.81. The van der Waals surface area contributed by atoms with E-state index in [-0.39, 0.29) is 70.8 Å². The van der Waals surface area contributed by atoms with Crippen molar-refractivity contribution in [1.29, 1.82) is 0 Å². The summed E-state index contributed by atoms with van der Waals surface area (Å²) in [5.41, 5.74) is 11.5. The Kier molecular flexibility index (Phi) is 24.7. The average Bonchev–Trinajstić information content (AvgIpc) is 3.29. The molecule has 0 aliphatic carbocycles. The number of nitrogens with two attached hydrogens (primary N) is 2. The van der Waals surface area contributed by atoms with Crippen molar-refractivity contribution in [3.63, 3.8) is 0 Å². The summed E-state index contributed by atoms with van der Waals surface area (Å²) in [5, 5.41) is 109. The number of carbonyl (C=O) groups is 3. The number of nitrogens with zero attached hydrogens (tertiary/aromatic N) is 2. The van der Waals surface area contributed by atoms with E-state index in [1.165, 1.54) is 9.80 Å². The van der Waals surface area contributed by atoms with Gasteiger partial charge in [0.25, 0.3) is 0 Å². The highest BCUT2D eigenvalue weighted by Gasteiger charge is 2.51. The lowest BCUT2D eigenvalue weighted by Crippen LogP contribution is -2.61. The quantitative estimate of drug-likeness (QED) is 0.154. The molecule has 2 bridgehead atoms. The van der Waals surface area contributed by atoms with Gasteiger partial charge in [-0.15, -0.1) is 0 Å². The molecule has 0 spiro atoms. The molecule has 4 aliphatic heterocycles. The molecule has 4 aliphatic rings. The Balaban J connectivity index is 1.60. The van der Waals surface area contributed by atoms with Crippen LogP contribution >= 0.6 is 0 Å². The second-order valence-electron chi connectivity index (χ2n) is 19.0. The van der Waals surface area contributed by atoms with Gasteiger partial charge in [-0.05, 0) is 26.2 Å². The predicted octanol–water partition coefficient (Wildman–Crippen LogP) is -0.784. The van der Waals surface area contributed by atoms with Gasteiger partial charge in [0.05, 0.1) is 86.0 Å². The van der Waals surface area contributed by atoms with Crippen molar-refractivity contribution in [1.82, 2.24) is 9.80 Å². The Morgan fingerprint density at radius 2 is 1.24 bits per heavy atom. The van der Waals surface area contributed by atoms with Crippen LogP contribution in [0.1, 0.15) is 71.6 Å². The monoisotopic (exact) mass is 1010 g/mol. The number of hydrogen-bond donors (Lipinski definition) is 12. The van der Waals surface area contributed by atoms with Gasteiger partial charge in [-0.2, -0.15) is 0 Å². The largest absolute Gasteiger partial charge is 0.462 e. The fraction of sp³-hybridized carbons (Fsp3) is 0.660. The van der Waals surface area contributed by atoms with Crippen LogP contribution < -0.4 is 11.5 Å². The molecule has 71 heavy (non-hydrogen) atoms. The highest BCUT2D eigenvalue weighted by atomic mass is 16.7. The Labute approximate surface area is 415 Å². The van der Waals surface area contributed by atoms with Crippen molar-refractivity contribution < 1.29 is 84.4 Å². The molecular formula is C50H78N4O17. The summed E-state index contributed by atoms with van der Waals surface area (Å²) in [7, 11) is 0. The summed E-state index contributed by atoms with van der Waals surface area (Å²) in [6.45, 7) is 3.60. The molecule has 4 heterocycles. The van der Waals surface area contributed by atoms with Crippen molar-refractivity contribution in [2.45, 2.75) is 163 Å². The molecule has 6 unspecified atom stereocenters. The Morgan fingerprint density at radius 3 is 1.85 bits per heavy atom. The van der Waals surface area contributed by atoms with Crippen LogP contribution in [0.15, 0.2) is 85.1 Å². The summed E-state index contributed by atoms with van der Waals surface area (Å²) < 4.78 is 23.4. The molecule has 21 nitrogen and oxygen atoms in total. The van der Waals surface area contributed by atoms with Gasteiger partial charge in [-0.25, -0.2) is 4.79 Å². The van der Waals surface area contributed by atoms with Gasteiger partial charge in [-0.3, -0.25) is 9.59 Å². The second kappa shape index (κ2) is 29.5. The maximum absolute atomic E-state index is 14.3. The highest BCUT2D eigenvalue weighted by Crippen LogP contribution is 2.39. The number of piperazine rings is 1. The second-order valence-corrected chi connectivity index (χ2v) is 19.0. The molecule has 3 fully saturated rings. The molecule has 14 N–H and O–H groups in total. The molecule has 0 aromatic carbocycles. The molecule has 0 aromatic rings. The van der Waals surface area contributed by atoms with E-state index in [0.717, 1.165) is 0 Å². The summed E-state index contributed by atoms with van der Waals surface area (Å²) in [5.74, 6) is -5.19. The lowest BCUT2D eigenvalue weighted by molar-refractivity contribution is -0.305. The zero-order chi connectivity index (χ0) is 52.3. The van der Waals surface area contributed by atoms with E-state index in [9.17, 15) is 65.4 Å². The number of primary amides is 1. The summed E-state index contributed by atoms with van der Waals surface area (Å²) in [6, 6.07) is -1.79. The van der Waals surface area contributed by atoms with Gasteiger partial charge in [0.15, 0.2) is 12.1 Å². The average molecular weight is 1010 g/mol. The Bertz CT molecular complexity index is 1870. The number of cyclic esters (lactones) is 1. The number of carbonyl (C=O) groups excluding carboxylic acids is 3. The number of urea groups is 1. The molecule has 21 heteroatoms. The van der Waals surface area contributed by atoms with Crippen LogP contribution in [0.4, 0.5) is 4.79 Å². The first-order valence-electron chi connectivity index (χ1n) is 24.4. The van der Waals surface area contributed by atoms with Crippen LogP contribution in [0.2, 0.25) is 0 Å².